The number of aryl methyl sites for hydroxylation is 1. The average Bonchev–Trinajstić information content (AvgIpc) is 2.89. The lowest BCUT2D eigenvalue weighted by atomic mass is 9.99. The molecule has 0 atom stereocenters. The SMILES string of the molecule is COCc1ccc(CCCO)c2[nH]cc(CCN(C)C)c12. The van der Waals surface area contributed by atoms with Crippen molar-refractivity contribution in [3.63, 3.8) is 0 Å². The van der Waals surface area contributed by atoms with Gasteiger partial charge in [0.05, 0.1) is 6.61 Å². The van der Waals surface area contributed by atoms with E-state index in [1.165, 1.54) is 27.6 Å². The number of rotatable bonds is 8. The fraction of sp³-hybridized carbons (Fsp3) is 0.529. The second kappa shape index (κ2) is 7.59. The highest BCUT2D eigenvalue weighted by atomic mass is 16.5. The molecule has 2 aromatic rings. The molecule has 0 fully saturated rings. The standard InChI is InChI=1S/C17H26N2O2/c1-19(2)9-8-14-11-18-17-13(5-4-10-20)6-7-15(12-21-3)16(14)17/h6-7,11,18,20H,4-5,8-10,12H2,1-3H3. The van der Waals surface area contributed by atoms with Gasteiger partial charge in [0.15, 0.2) is 0 Å². The zero-order valence-corrected chi connectivity index (χ0v) is 13.3. The smallest absolute Gasteiger partial charge is 0.0719 e. The third kappa shape index (κ3) is 3.84. The van der Waals surface area contributed by atoms with Gasteiger partial charge in [-0.2, -0.15) is 0 Å². The minimum absolute atomic E-state index is 0.232. The second-order valence-electron chi connectivity index (χ2n) is 5.76. The minimum Gasteiger partial charge on any atom is -0.396 e. The van der Waals surface area contributed by atoms with Gasteiger partial charge in [0.2, 0.25) is 0 Å². The number of hydrogen-bond acceptors (Lipinski definition) is 3. The highest BCUT2D eigenvalue weighted by molar-refractivity contribution is 5.89. The van der Waals surface area contributed by atoms with Gasteiger partial charge in [-0.05, 0) is 50.0 Å². The van der Waals surface area contributed by atoms with Crippen molar-refractivity contribution < 1.29 is 9.84 Å². The van der Waals surface area contributed by atoms with Crippen LogP contribution in [0.4, 0.5) is 0 Å². The predicted octanol–water partition coefficient (Wildman–Crippen LogP) is 2.34. The number of nitrogens with one attached hydrogen (secondary N) is 1. The van der Waals surface area contributed by atoms with Crippen molar-refractivity contribution in [2.24, 2.45) is 0 Å². The first-order chi connectivity index (χ1) is 10.2. The van der Waals surface area contributed by atoms with E-state index in [2.05, 4.69) is 42.3 Å². The summed E-state index contributed by atoms with van der Waals surface area (Å²) in [6.45, 7) is 1.89. The number of nitrogens with zero attached hydrogens (tertiary/aromatic N) is 1. The van der Waals surface area contributed by atoms with Crippen LogP contribution in [-0.4, -0.2) is 49.3 Å². The molecule has 0 amide bonds. The number of hydrogen-bond donors (Lipinski definition) is 2. The van der Waals surface area contributed by atoms with Crippen molar-refractivity contribution in [3.8, 4) is 0 Å². The van der Waals surface area contributed by atoms with Crippen molar-refractivity contribution in [1.82, 2.24) is 9.88 Å². The lowest BCUT2D eigenvalue weighted by Crippen LogP contribution is -2.15. The number of fused-ring (bicyclic) bond motifs is 1. The van der Waals surface area contributed by atoms with Gasteiger partial charge in [0, 0.05) is 37.4 Å². The highest BCUT2D eigenvalue weighted by Crippen LogP contribution is 2.28. The fourth-order valence-corrected chi connectivity index (χ4v) is 2.75. The molecule has 0 unspecified atom stereocenters. The Bertz CT molecular complexity index is 575. The summed E-state index contributed by atoms with van der Waals surface area (Å²) in [6, 6.07) is 4.31. The van der Waals surface area contributed by atoms with Gasteiger partial charge >= 0.3 is 0 Å². The number of aliphatic hydroxyl groups excluding tert-OH is 1. The van der Waals surface area contributed by atoms with Crippen molar-refractivity contribution in [1.29, 1.82) is 0 Å². The Morgan fingerprint density at radius 2 is 1.90 bits per heavy atom. The summed E-state index contributed by atoms with van der Waals surface area (Å²) in [6.07, 6.45) is 4.83. The normalized spacial score (nSPS) is 11.7. The molecule has 0 radical (unpaired) electrons. The Morgan fingerprint density at radius 1 is 1.14 bits per heavy atom. The predicted molar refractivity (Wildman–Crippen MR) is 86.7 cm³/mol. The van der Waals surface area contributed by atoms with Crippen LogP contribution in [0.2, 0.25) is 0 Å². The molecule has 2 N–H and O–H groups in total. The molecule has 0 aliphatic carbocycles. The minimum atomic E-state index is 0.232. The molecule has 4 nitrogen and oxygen atoms in total. The molecule has 21 heavy (non-hydrogen) atoms. The van der Waals surface area contributed by atoms with Gasteiger partial charge in [-0.3, -0.25) is 0 Å². The molecular formula is C17H26N2O2. The van der Waals surface area contributed by atoms with E-state index >= 15 is 0 Å². The highest BCUT2D eigenvalue weighted by Gasteiger charge is 2.12. The number of benzene rings is 1. The molecular weight excluding hydrogens is 264 g/mol. The molecule has 0 saturated carbocycles. The number of aromatic nitrogens is 1. The Kier molecular flexibility index (Phi) is 5.79. The molecule has 1 heterocycles. The Morgan fingerprint density at radius 3 is 2.57 bits per heavy atom. The molecule has 116 valence electrons. The van der Waals surface area contributed by atoms with Crippen LogP contribution in [0.25, 0.3) is 10.9 Å². The summed E-state index contributed by atoms with van der Waals surface area (Å²) < 4.78 is 5.34. The molecule has 0 saturated heterocycles. The molecule has 4 heteroatoms. The number of ether oxygens (including phenoxy) is 1. The van der Waals surface area contributed by atoms with E-state index < -0.39 is 0 Å². The number of aromatic amines is 1. The molecule has 0 aliphatic heterocycles. The van der Waals surface area contributed by atoms with Gasteiger partial charge in [-0.1, -0.05) is 12.1 Å². The third-order valence-corrected chi connectivity index (χ3v) is 3.82. The van der Waals surface area contributed by atoms with Gasteiger partial charge in [-0.25, -0.2) is 0 Å². The molecule has 1 aromatic carbocycles. The molecule has 2 rings (SSSR count). The first-order valence-corrected chi connectivity index (χ1v) is 7.52. The first-order valence-electron chi connectivity index (χ1n) is 7.52. The van der Waals surface area contributed by atoms with Crippen molar-refractivity contribution >= 4 is 10.9 Å². The van der Waals surface area contributed by atoms with Crippen LogP contribution >= 0.6 is 0 Å². The third-order valence-electron chi connectivity index (χ3n) is 3.82. The van der Waals surface area contributed by atoms with Crippen molar-refractivity contribution in [3.05, 3.63) is 35.0 Å². The van der Waals surface area contributed by atoms with E-state index in [-0.39, 0.29) is 6.61 Å². The maximum absolute atomic E-state index is 9.05. The summed E-state index contributed by atoms with van der Waals surface area (Å²) in [5.74, 6) is 0. The topological polar surface area (TPSA) is 48.5 Å². The fourth-order valence-electron chi connectivity index (χ4n) is 2.75. The number of H-pyrrole nitrogens is 1. The van der Waals surface area contributed by atoms with Crippen LogP contribution < -0.4 is 0 Å². The lowest BCUT2D eigenvalue weighted by Gasteiger charge is -2.11. The van der Waals surface area contributed by atoms with E-state index in [4.69, 9.17) is 9.84 Å². The van der Waals surface area contributed by atoms with Crippen LogP contribution in [0.15, 0.2) is 18.3 Å². The van der Waals surface area contributed by atoms with Crippen LogP contribution in [0, 0.1) is 0 Å². The summed E-state index contributed by atoms with van der Waals surface area (Å²) >= 11 is 0. The van der Waals surface area contributed by atoms with Crippen molar-refractivity contribution in [2.75, 3.05) is 34.4 Å². The van der Waals surface area contributed by atoms with Crippen LogP contribution in [0.1, 0.15) is 23.1 Å². The Balaban J connectivity index is 2.40. The molecule has 0 aliphatic rings. The maximum atomic E-state index is 9.05. The largest absolute Gasteiger partial charge is 0.396 e. The summed E-state index contributed by atoms with van der Waals surface area (Å²) in [5, 5.41) is 10.4. The number of likely N-dealkylation sites (N-methyl/N-ethyl adjacent to an activating group) is 1. The van der Waals surface area contributed by atoms with Gasteiger partial charge in [0.25, 0.3) is 0 Å². The van der Waals surface area contributed by atoms with Crippen LogP contribution in [-0.2, 0) is 24.2 Å². The monoisotopic (exact) mass is 290 g/mol. The quantitative estimate of drug-likeness (QED) is 0.784. The van der Waals surface area contributed by atoms with E-state index in [9.17, 15) is 0 Å². The number of aliphatic hydroxyl groups is 1. The average molecular weight is 290 g/mol. The first kappa shape index (κ1) is 16.0. The Hall–Kier alpha value is -1.36. The summed E-state index contributed by atoms with van der Waals surface area (Å²) in [7, 11) is 5.92. The zero-order chi connectivity index (χ0) is 15.2. The van der Waals surface area contributed by atoms with Gasteiger partial charge in [0.1, 0.15) is 0 Å². The summed E-state index contributed by atoms with van der Waals surface area (Å²) in [4.78, 5) is 5.63. The van der Waals surface area contributed by atoms with E-state index in [1.54, 1.807) is 7.11 Å². The lowest BCUT2D eigenvalue weighted by molar-refractivity contribution is 0.186. The maximum Gasteiger partial charge on any atom is 0.0719 e. The summed E-state index contributed by atoms with van der Waals surface area (Å²) in [5.41, 5.74) is 5.05. The molecule has 1 aromatic heterocycles. The Labute approximate surface area is 126 Å². The zero-order valence-electron chi connectivity index (χ0n) is 13.3. The number of methoxy groups -OCH3 is 1. The van der Waals surface area contributed by atoms with Crippen LogP contribution in [0.3, 0.4) is 0 Å². The van der Waals surface area contributed by atoms with Crippen LogP contribution in [0.5, 0.6) is 0 Å². The van der Waals surface area contributed by atoms with E-state index in [1.807, 2.05) is 0 Å². The van der Waals surface area contributed by atoms with Gasteiger partial charge in [-0.15, -0.1) is 0 Å². The second-order valence-corrected chi connectivity index (χ2v) is 5.76. The van der Waals surface area contributed by atoms with Gasteiger partial charge < -0.3 is 19.7 Å². The molecule has 0 spiro atoms. The van der Waals surface area contributed by atoms with E-state index in [0.29, 0.717) is 6.61 Å². The molecule has 0 bridgehead atoms. The van der Waals surface area contributed by atoms with E-state index in [0.717, 1.165) is 25.8 Å². The van der Waals surface area contributed by atoms with Crippen molar-refractivity contribution in [2.45, 2.75) is 25.9 Å².